The van der Waals surface area contributed by atoms with E-state index in [2.05, 4.69) is 25.5 Å². The van der Waals surface area contributed by atoms with Gasteiger partial charge in [-0.05, 0) is 37.8 Å². The van der Waals surface area contributed by atoms with Crippen LogP contribution in [0.25, 0.3) is 5.57 Å². The Hall–Kier alpha value is -3.62. The number of ether oxygens (including phenoxy) is 1. The Morgan fingerprint density at radius 1 is 1.21 bits per heavy atom. The van der Waals surface area contributed by atoms with Gasteiger partial charge >= 0.3 is 0 Å². The number of fused-ring (bicyclic) bond motifs is 2. The Morgan fingerprint density at radius 2 is 1.91 bits per heavy atom. The van der Waals surface area contributed by atoms with E-state index < -0.39 is 0 Å². The van der Waals surface area contributed by atoms with Crippen molar-refractivity contribution in [3.63, 3.8) is 0 Å². The van der Waals surface area contributed by atoms with Gasteiger partial charge in [0.2, 0.25) is 5.91 Å². The van der Waals surface area contributed by atoms with Gasteiger partial charge in [0.15, 0.2) is 5.82 Å². The lowest BCUT2D eigenvalue weighted by Gasteiger charge is -2.26. The zero-order chi connectivity index (χ0) is 23.3. The van der Waals surface area contributed by atoms with E-state index in [1.807, 2.05) is 26.0 Å². The van der Waals surface area contributed by atoms with Gasteiger partial charge in [-0.3, -0.25) is 9.59 Å². The average molecular weight is 449 g/mol. The summed E-state index contributed by atoms with van der Waals surface area (Å²) in [5, 5.41) is 5.79. The Morgan fingerprint density at radius 3 is 2.55 bits per heavy atom. The third kappa shape index (κ3) is 3.77. The molecule has 5 rings (SSSR count). The number of carbonyl (C=O) groups is 2. The summed E-state index contributed by atoms with van der Waals surface area (Å²) >= 11 is 0. The first-order chi connectivity index (χ1) is 15.8. The van der Waals surface area contributed by atoms with Crippen LogP contribution in [0, 0.1) is 17.8 Å². The molecule has 4 N–H and O–H groups in total. The fourth-order valence-electron chi connectivity index (χ4n) is 5.16. The van der Waals surface area contributed by atoms with Crippen molar-refractivity contribution < 1.29 is 14.3 Å². The molecular weight excluding hydrogens is 420 g/mol. The molecule has 2 aliphatic heterocycles. The molecule has 3 atom stereocenters. The second-order valence-electron chi connectivity index (χ2n) is 9.50. The lowest BCUT2D eigenvalue weighted by atomic mass is 10.0. The van der Waals surface area contributed by atoms with E-state index in [0.29, 0.717) is 17.5 Å². The largest absolute Gasteiger partial charge is 0.487 e. The highest BCUT2D eigenvalue weighted by atomic mass is 16.5. The zero-order valence-electron chi connectivity index (χ0n) is 19.0. The molecule has 2 fully saturated rings. The van der Waals surface area contributed by atoms with Crippen molar-refractivity contribution in [1.29, 1.82) is 0 Å². The minimum absolute atomic E-state index is 0.0795. The topological polar surface area (TPSA) is 122 Å². The SMILES string of the molecule is CNC(=O)C1[C@H]2CN(c3cc4c(cc3NC(=O)C(=CN)c3ncccn3)CC(C)(C)O4)C[C@@H]12. The van der Waals surface area contributed by atoms with Crippen molar-refractivity contribution in [2.75, 3.05) is 30.4 Å². The standard InChI is InChI=1S/C24H28N6O3/c1-24(2)9-13-7-17(29-22(31)14(10-25)21-27-5-4-6-28-21)18(8-19(13)33-24)30-11-15-16(12-30)20(15)23(32)26-3/h4-8,10,15-16,20H,9,11-12,25H2,1-3H3,(H,26,32)(H,29,31)/t15-,16+,20?. The monoisotopic (exact) mass is 448 g/mol. The summed E-state index contributed by atoms with van der Waals surface area (Å²) in [6.07, 6.45) is 5.11. The molecule has 1 saturated heterocycles. The van der Waals surface area contributed by atoms with Crippen molar-refractivity contribution in [2.45, 2.75) is 25.9 Å². The normalized spacial score (nSPS) is 24.5. The van der Waals surface area contributed by atoms with Gasteiger partial charge in [0.1, 0.15) is 11.4 Å². The van der Waals surface area contributed by atoms with Gasteiger partial charge in [-0.15, -0.1) is 0 Å². The molecule has 1 unspecified atom stereocenters. The lowest BCUT2D eigenvalue weighted by Crippen LogP contribution is -2.30. The summed E-state index contributed by atoms with van der Waals surface area (Å²) in [5.41, 5.74) is 8.26. The molecule has 2 amide bonds. The predicted octanol–water partition coefficient (Wildman–Crippen LogP) is 1.56. The first-order valence-electron chi connectivity index (χ1n) is 11.1. The van der Waals surface area contributed by atoms with Crippen LogP contribution < -0.4 is 26.0 Å². The van der Waals surface area contributed by atoms with Crippen LogP contribution in [0.2, 0.25) is 0 Å². The van der Waals surface area contributed by atoms with Crippen molar-refractivity contribution >= 4 is 28.8 Å². The number of piperidine rings is 1. The highest BCUT2D eigenvalue weighted by molar-refractivity contribution is 6.24. The van der Waals surface area contributed by atoms with E-state index >= 15 is 0 Å². The molecule has 1 aromatic carbocycles. The maximum absolute atomic E-state index is 13.2. The fraction of sp³-hybridized carbons (Fsp3) is 0.417. The van der Waals surface area contributed by atoms with E-state index in [0.717, 1.165) is 36.5 Å². The molecule has 3 aliphatic rings. The second-order valence-corrected chi connectivity index (χ2v) is 9.50. The van der Waals surface area contributed by atoms with E-state index in [4.69, 9.17) is 10.5 Å². The number of nitrogens with one attached hydrogen (secondary N) is 2. The molecule has 0 radical (unpaired) electrons. The van der Waals surface area contributed by atoms with Crippen LogP contribution in [0.4, 0.5) is 11.4 Å². The summed E-state index contributed by atoms with van der Waals surface area (Å²) in [4.78, 5) is 35.7. The van der Waals surface area contributed by atoms with E-state index in [9.17, 15) is 9.59 Å². The molecule has 172 valence electrons. The number of rotatable bonds is 5. The second kappa shape index (κ2) is 7.75. The molecule has 0 bridgehead atoms. The van der Waals surface area contributed by atoms with Crippen LogP contribution in [0.3, 0.4) is 0 Å². The molecular formula is C24H28N6O3. The molecule has 9 heteroatoms. The summed E-state index contributed by atoms with van der Waals surface area (Å²) in [6, 6.07) is 5.67. The molecule has 1 aromatic heterocycles. The van der Waals surface area contributed by atoms with E-state index in [-0.39, 0.29) is 34.7 Å². The minimum Gasteiger partial charge on any atom is -0.487 e. The van der Waals surface area contributed by atoms with Crippen molar-refractivity contribution in [3.05, 3.63) is 48.2 Å². The Bertz CT molecular complexity index is 1130. The van der Waals surface area contributed by atoms with Crippen molar-refractivity contribution in [3.8, 4) is 5.75 Å². The van der Waals surface area contributed by atoms with Gasteiger partial charge in [0.25, 0.3) is 5.91 Å². The quantitative estimate of drug-likeness (QED) is 0.593. The van der Waals surface area contributed by atoms with Gasteiger partial charge in [-0.1, -0.05) is 0 Å². The lowest BCUT2D eigenvalue weighted by molar-refractivity contribution is -0.122. The summed E-state index contributed by atoms with van der Waals surface area (Å²) in [6.45, 7) is 5.61. The van der Waals surface area contributed by atoms with Crippen molar-refractivity contribution in [1.82, 2.24) is 15.3 Å². The number of nitrogens with zero attached hydrogens (tertiary/aromatic N) is 3. The predicted molar refractivity (Wildman–Crippen MR) is 124 cm³/mol. The molecule has 33 heavy (non-hydrogen) atoms. The third-order valence-corrected chi connectivity index (χ3v) is 6.73. The molecule has 1 aliphatic carbocycles. The number of carbonyl (C=O) groups excluding carboxylic acids is 2. The smallest absolute Gasteiger partial charge is 0.261 e. The fourth-order valence-corrected chi connectivity index (χ4v) is 5.16. The third-order valence-electron chi connectivity index (χ3n) is 6.73. The van der Waals surface area contributed by atoms with Crippen LogP contribution in [0.15, 0.2) is 36.8 Å². The number of benzene rings is 1. The Kier molecular flexibility index (Phi) is 4.99. The molecule has 1 saturated carbocycles. The maximum atomic E-state index is 13.2. The Labute approximate surface area is 192 Å². The van der Waals surface area contributed by atoms with Crippen LogP contribution in [0.5, 0.6) is 5.75 Å². The van der Waals surface area contributed by atoms with Gasteiger partial charge < -0.3 is 26.0 Å². The summed E-state index contributed by atoms with van der Waals surface area (Å²) < 4.78 is 6.15. The summed E-state index contributed by atoms with van der Waals surface area (Å²) in [7, 11) is 1.68. The molecule has 2 aromatic rings. The van der Waals surface area contributed by atoms with Gasteiger partial charge in [-0.2, -0.15) is 0 Å². The number of hydrogen-bond donors (Lipinski definition) is 3. The highest BCUT2D eigenvalue weighted by Crippen LogP contribution is 2.54. The highest BCUT2D eigenvalue weighted by Gasteiger charge is 2.59. The Balaban J connectivity index is 1.43. The molecule has 3 heterocycles. The van der Waals surface area contributed by atoms with Crippen LogP contribution in [-0.4, -0.2) is 47.5 Å². The van der Waals surface area contributed by atoms with Gasteiger partial charge in [0.05, 0.1) is 16.9 Å². The molecule has 0 spiro atoms. The van der Waals surface area contributed by atoms with E-state index in [1.165, 1.54) is 6.20 Å². The minimum atomic E-state index is -0.379. The van der Waals surface area contributed by atoms with Crippen LogP contribution in [0.1, 0.15) is 25.2 Å². The van der Waals surface area contributed by atoms with Crippen molar-refractivity contribution in [2.24, 2.45) is 23.5 Å². The van der Waals surface area contributed by atoms with Gasteiger partial charge in [0, 0.05) is 62.7 Å². The molecule has 9 nitrogen and oxygen atoms in total. The number of anilines is 2. The number of nitrogens with two attached hydrogens (primary N) is 1. The summed E-state index contributed by atoms with van der Waals surface area (Å²) in [5.74, 6) is 1.56. The maximum Gasteiger partial charge on any atom is 0.261 e. The van der Waals surface area contributed by atoms with Gasteiger partial charge in [-0.25, -0.2) is 9.97 Å². The first-order valence-corrected chi connectivity index (χ1v) is 11.1. The van der Waals surface area contributed by atoms with Crippen LogP contribution in [-0.2, 0) is 16.0 Å². The number of hydrogen-bond acceptors (Lipinski definition) is 7. The number of amides is 2. The van der Waals surface area contributed by atoms with E-state index in [1.54, 1.807) is 25.5 Å². The first kappa shape index (κ1) is 21.2. The average Bonchev–Trinajstić information content (AvgIpc) is 3.12. The van der Waals surface area contributed by atoms with Crippen LogP contribution >= 0.6 is 0 Å². The number of aromatic nitrogens is 2. The zero-order valence-corrected chi connectivity index (χ0v) is 19.0.